The Hall–Kier alpha value is -1.50. The number of nitrogens with zero attached hydrogens (tertiary/aromatic N) is 1. The van der Waals surface area contributed by atoms with Crippen LogP contribution in [0.3, 0.4) is 0 Å². The van der Waals surface area contributed by atoms with E-state index in [4.69, 9.17) is 10.5 Å². The number of ether oxygens (including phenoxy) is 1. The highest BCUT2D eigenvalue weighted by atomic mass is 32.1. The Bertz CT molecular complexity index is 563. The molecule has 2 rings (SSSR count). The van der Waals surface area contributed by atoms with Crippen LogP contribution in [0.2, 0.25) is 0 Å². The largest absolute Gasteiger partial charge is 0.370 e. The summed E-state index contributed by atoms with van der Waals surface area (Å²) >= 11 is 1.59. The van der Waals surface area contributed by atoms with Crippen LogP contribution in [0, 0.1) is 6.92 Å². The van der Waals surface area contributed by atoms with Gasteiger partial charge in [0.05, 0.1) is 15.2 Å². The van der Waals surface area contributed by atoms with Crippen LogP contribution in [0.25, 0.3) is 10.2 Å². The summed E-state index contributed by atoms with van der Waals surface area (Å²) in [5.74, 6) is -0.236. The Morgan fingerprint density at radius 1 is 1.61 bits per heavy atom. The predicted molar refractivity (Wildman–Crippen MR) is 72.8 cm³/mol. The molecule has 0 saturated carbocycles. The molecule has 1 amide bonds. The van der Waals surface area contributed by atoms with Crippen LogP contribution in [0.5, 0.6) is 0 Å². The normalized spacial score (nSPS) is 12.6. The van der Waals surface area contributed by atoms with Gasteiger partial charge in [0.15, 0.2) is 0 Å². The van der Waals surface area contributed by atoms with Crippen molar-refractivity contribution in [1.29, 1.82) is 0 Å². The fraction of sp³-hybridized carbons (Fsp3) is 0.333. The third-order valence-electron chi connectivity index (χ3n) is 2.55. The molecule has 18 heavy (non-hydrogen) atoms. The second-order valence-electron chi connectivity index (χ2n) is 3.86. The van der Waals surface area contributed by atoms with E-state index in [1.807, 2.05) is 25.1 Å². The maximum absolute atomic E-state index is 11.8. The fourth-order valence-corrected chi connectivity index (χ4v) is 2.52. The first-order valence-electron chi connectivity index (χ1n) is 5.55. The maximum atomic E-state index is 11.8. The molecule has 1 heterocycles. The monoisotopic (exact) mass is 265 g/mol. The van der Waals surface area contributed by atoms with Crippen molar-refractivity contribution in [2.24, 2.45) is 5.73 Å². The lowest BCUT2D eigenvalue weighted by atomic mass is 10.2. The molecule has 96 valence electrons. The fourth-order valence-electron chi connectivity index (χ4n) is 1.65. The van der Waals surface area contributed by atoms with E-state index in [1.165, 1.54) is 7.11 Å². The van der Waals surface area contributed by atoms with Gasteiger partial charge in [0.25, 0.3) is 5.91 Å². The van der Waals surface area contributed by atoms with Gasteiger partial charge in [-0.2, -0.15) is 0 Å². The number of anilines is 1. The highest BCUT2D eigenvalue weighted by Crippen LogP contribution is 2.24. The Kier molecular flexibility index (Phi) is 3.90. The van der Waals surface area contributed by atoms with Crippen LogP contribution in [0.15, 0.2) is 18.2 Å². The van der Waals surface area contributed by atoms with Gasteiger partial charge in [0.2, 0.25) is 0 Å². The smallest absolute Gasteiger partial charge is 0.254 e. The lowest BCUT2D eigenvalue weighted by Gasteiger charge is -2.12. The highest BCUT2D eigenvalue weighted by molar-refractivity contribution is 7.18. The first kappa shape index (κ1) is 12.9. The molecular weight excluding hydrogens is 250 g/mol. The molecule has 1 atom stereocenters. The number of hydrogen-bond donors (Lipinski definition) is 2. The molecule has 1 unspecified atom stereocenters. The van der Waals surface area contributed by atoms with Crippen molar-refractivity contribution in [1.82, 2.24) is 4.98 Å². The van der Waals surface area contributed by atoms with E-state index in [9.17, 15) is 4.79 Å². The van der Waals surface area contributed by atoms with E-state index in [2.05, 4.69) is 10.3 Å². The number of carbonyl (C=O) groups excluding carboxylic acids is 1. The molecule has 0 aliphatic carbocycles. The number of hydrogen-bond acceptors (Lipinski definition) is 5. The molecule has 0 saturated heterocycles. The van der Waals surface area contributed by atoms with E-state index in [0.717, 1.165) is 20.9 Å². The number of nitrogens with two attached hydrogens (primary N) is 1. The average Bonchev–Trinajstić information content (AvgIpc) is 2.70. The standard InChI is InChI=1S/C12H15N3O2S/c1-7-14-9-4-3-8(5-11(9)18-7)15-12(16)10(6-13)17-2/h3-5,10H,6,13H2,1-2H3,(H,15,16). The number of carbonyl (C=O) groups is 1. The second-order valence-corrected chi connectivity index (χ2v) is 5.10. The van der Waals surface area contributed by atoms with Crippen molar-refractivity contribution >= 4 is 33.1 Å². The average molecular weight is 265 g/mol. The highest BCUT2D eigenvalue weighted by Gasteiger charge is 2.15. The zero-order valence-corrected chi connectivity index (χ0v) is 11.1. The summed E-state index contributed by atoms with van der Waals surface area (Å²) in [6.45, 7) is 2.11. The van der Waals surface area contributed by atoms with Crippen LogP contribution >= 0.6 is 11.3 Å². The Balaban J connectivity index is 2.18. The first-order valence-corrected chi connectivity index (χ1v) is 6.36. The summed E-state index contributed by atoms with van der Waals surface area (Å²) in [5.41, 5.74) is 7.11. The molecule has 0 aliphatic heterocycles. The minimum absolute atomic E-state index is 0.157. The summed E-state index contributed by atoms with van der Waals surface area (Å²) in [7, 11) is 1.47. The van der Waals surface area contributed by atoms with E-state index in [-0.39, 0.29) is 12.5 Å². The summed E-state index contributed by atoms with van der Waals surface area (Å²) in [4.78, 5) is 16.1. The molecule has 0 fully saturated rings. The number of rotatable bonds is 4. The van der Waals surface area contributed by atoms with Crippen molar-refractivity contribution in [2.45, 2.75) is 13.0 Å². The molecule has 6 heteroatoms. The molecule has 5 nitrogen and oxygen atoms in total. The number of benzene rings is 1. The quantitative estimate of drug-likeness (QED) is 0.878. The summed E-state index contributed by atoms with van der Waals surface area (Å²) in [5, 5.41) is 3.79. The van der Waals surface area contributed by atoms with Gasteiger partial charge in [-0.1, -0.05) is 0 Å². The van der Waals surface area contributed by atoms with E-state index in [0.29, 0.717) is 0 Å². The summed E-state index contributed by atoms with van der Waals surface area (Å²) in [6.07, 6.45) is -0.621. The van der Waals surface area contributed by atoms with Crippen LogP contribution in [-0.2, 0) is 9.53 Å². The molecule has 1 aromatic heterocycles. The number of nitrogens with one attached hydrogen (secondary N) is 1. The van der Waals surface area contributed by atoms with E-state index < -0.39 is 6.10 Å². The van der Waals surface area contributed by atoms with Crippen LogP contribution in [-0.4, -0.2) is 30.6 Å². The zero-order valence-electron chi connectivity index (χ0n) is 10.3. The Morgan fingerprint density at radius 2 is 2.39 bits per heavy atom. The molecule has 1 aromatic carbocycles. The topological polar surface area (TPSA) is 77.2 Å². The van der Waals surface area contributed by atoms with Gasteiger partial charge >= 0.3 is 0 Å². The molecule has 0 aliphatic rings. The number of aryl methyl sites for hydroxylation is 1. The minimum Gasteiger partial charge on any atom is -0.370 e. The van der Waals surface area contributed by atoms with Crippen molar-refractivity contribution in [3.8, 4) is 0 Å². The Morgan fingerprint density at radius 3 is 3.06 bits per heavy atom. The van der Waals surface area contributed by atoms with Crippen molar-refractivity contribution in [2.75, 3.05) is 19.0 Å². The van der Waals surface area contributed by atoms with Crippen LogP contribution in [0.1, 0.15) is 5.01 Å². The molecule has 0 bridgehead atoms. The molecule has 0 spiro atoms. The van der Waals surface area contributed by atoms with Gasteiger partial charge in [-0.05, 0) is 25.1 Å². The van der Waals surface area contributed by atoms with Gasteiger partial charge in [-0.3, -0.25) is 4.79 Å². The third kappa shape index (κ3) is 2.66. The van der Waals surface area contributed by atoms with Crippen molar-refractivity contribution < 1.29 is 9.53 Å². The summed E-state index contributed by atoms with van der Waals surface area (Å²) in [6, 6.07) is 5.61. The number of methoxy groups -OCH3 is 1. The first-order chi connectivity index (χ1) is 8.63. The van der Waals surface area contributed by atoms with Crippen molar-refractivity contribution in [3.63, 3.8) is 0 Å². The van der Waals surface area contributed by atoms with Crippen LogP contribution < -0.4 is 11.1 Å². The van der Waals surface area contributed by atoms with Gasteiger partial charge in [-0.15, -0.1) is 11.3 Å². The van der Waals surface area contributed by atoms with Gasteiger partial charge in [-0.25, -0.2) is 4.98 Å². The molecular formula is C12H15N3O2S. The number of thiazole rings is 1. The van der Waals surface area contributed by atoms with Gasteiger partial charge < -0.3 is 15.8 Å². The lowest BCUT2D eigenvalue weighted by Crippen LogP contribution is -2.35. The van der Waals surface area contributed by atoms with E-state index >= 15 is 0 Å². The maximum Gasteiger partial charge on any atom is 0.254 e. The van der Waals surface area contributed by atoms with Gasteiger partial charge in [0, 0.05) is 19.3 Å². The zero-order chi connectivity index (χ0) is 13.1. The van der Waals surface area contributed by atoms with Gasteiger partial charge in [0.1, 0.15) is 6.10 Å². The molecule has 2 aromatic rings. The molecule has 3 N–H and O–H groups in total. The predicted octanol–water partition coefficient (Wildman–Crippen LogP) is 1.52. The number of fused-ring (bicyclic) bond motifs is 1. The number of amides is 1. The van der Waals surface area contributed by atoms with Crippen molar-refractivity contribution in [3.05, 3.63) is 23.2 Å². The van der Waals surface area contributed by atoms with E-state index in [1.54, 1.807) is 11.3 Å². The third-order valence-corrected chi connectivity index (χ3v) is 3.49. The summed E-state index contributed by atoms with van der Waals surface area (Å²) < 4.78 is 6.03. The molecule has 0 radical (unpaired) electrons. The Labute approximate surface area is 109 Å². The number of aromatic nitrogens is 1. The second kappa shape index (κ2) is 5.43. The SMILES string of the molecule is COC(CN)C(=O)Nc1ccc2nc(C)sc2c1. The van der Waals surface area contributed by atoms with Crippen LogP contribution in [0.4, 0.5) is 5.69 Å². The lowest BCUT2D eigenvalue weighted by molar-refractivity contribution is -0.125. The minimum atomic E-state index is -0.621.